The van der Waals surface area contributed by atoms with Crippen LogP contribution < -0.4 is 4.90 Å². The van der Waals surface area contributed by atoms with Gasteiger partial charge < -0.3 is 5.11 Å². The summed E-state index contributed by atoms with van der Waals surface area (Å²) in [5.74, 6) is 0. The summed E-state index contributed by atoms with van der Waals surface area (Å²) in [6, 6.07) is 7.18. The minimum absolute atomic E-state index is 0.326. The minimum atomic E-state index is -0.946. The van der Waals surface area contributed by atoms with Crippen molar-refractivity contribution in [3.8, 4) is 0 Å². The molecule has 4 heteroatoms. The lowest BCUT2D eigenvalue weighted by Crippen LogP contribution is -2.32. The molecule has 1 amide bonds. The van der Waals surface area contributed by atoms with E-state index in [0.717, 1.165) is 0 Å². The third kappa shape index (κ3) is 1.26. The summed E-state index contributed by atoms with van der Waals surface area (Å²) in [5, 5.41) is 8.85. The number of aliphatic imine (C=N–C) groups is 1. The zero-order valence-electron chi connectivity index (χ0n) is 6.84. The van der Waals surface area contributed by atoms with Crippen LogP contribution in [0.25, 0.3) is 0 Å². The number of amides is 1. The molecular formula is C9H8N2O2. The number of carbonyl (C=O) groups is 1. The van der Waals surface area contributed by atoms with Gasteiger partial charge in [-0.3, -0.25) is 9.89 Å². The molecule has 0 unspecified atom stereocenters. The van der Waals surface area contributed by atoms with E-state index in [1.165, 1.54) is 4.90 Å². The van der Waals surface area contributed by atoms with Crippen molar-refractivity contribution in [1.82, 2.24) is 0 Å². The fourth-order valence-electron chi connectivity index (χ4n) is 1.30. The van der Waals surface area contributed by atoms with Crippen molar-refractivity contribution < 1.29 is 9.90 Å². The van der Waals surface area contributed by atoms with E-state index in [1.54, 1.807) is 24.4 Å². The van der Waals surface area contributed by atoms with Gasteiger partial charge in [-0.15, -0.1) is 0 Å². The number of carboxylic acid groups (broad SMARTS) is 1. The summed E-state index contributed by atoms with van der Waals surface area (Å²) in [6.07, 6.45) is 0.648. The van der Waals surface area contributed by atoms with Gasteiger partial charge in [-0.2, -0.15) is 0 Å². The molecule has 0 bridgehead atoms. The van der Waals surface area contributed by atoms with Crippen molar-refractivity contribution in [3.63, 3.8) is 0 Å². The van der Waals surface area contributed by atoms with Crippen molar-refractivity contribution >= 4 is 23.7 Å². The molecule has 0 fully saturated rings. The molecule has 0 aliphatic carbocycles. The third-order valence-electron chi connectivity index (χ3n) is 1.90. The van der Waals surface area contributed by atoms with Crippen LogP contribution in [0.3, 0.4) is 0 Å². The number of para-hydroxylation sites is 2. The van der Waals surface area contributed by atoms with Crippen molar-refractivity contribution in [1.29, 1.82) is 0 Å². The van der Waals surface area contributed by atoms with E-state index in [0.29, 0.717) is 17.9 Å². The first-order chi connectivity index (χ1) is 6.29. The molecule has 13 heavy (non-hydrogen) atoms. The maximum Gasteiger partial charge on any atom is 0.412 e. The molecule has 0 atom stereocenters. The average Bonchev–Trinajstić information content (AvgIpc) is 2.17. The summed E-state index contributed by atoms with van der Waals surface area (Å²) in [6.45, 7) is 0.326. The summed E-state index contributed by atoms with van der Waals surface area (Å²) in [5.41, 5.74) is 1.36. The predicted octanol–water partition coefficient (Wildman–Crippen LogP) is 1.89. The number of hydrogen-bond acceptors (Lipinski definition) is 2. The zero-order chi connectivity index (χ0) is 9.26. The maximum atomic E-state index is 10.8. The van der Waals surface area contributed by atoms with Gasteiger partial charge in [0.2, 0.25) is 0 Å². The van der Waals surface area contributed by atoms with E-state index < -0.39 is 6.09 Å². The number of hydrogen-bond donors (Lipinski definition) is 1. The number of rotatable bonds is 0. The second-order valence-electron chi connectivity index (χ2n) is 2.69. The Morgan fingerprint density at radius 3 is 3.00 bits per heavy atom. The SMILES string of the molecule is O=C(O)N1CC=Nc2ccccc21. The Balaban J connectivity index is 2.49. The van der Waals surface area contributed by atoms with Gasteiger partial charge >= 0.3 is 6.09 Å². The number of nitrogens with zero attached hydrogens (tertiary/aromatic N) is 2. The number of benzene rings is 1. The van der Waals surface area contributed by atoms with Crippen LogP contribution in [-0.2, 0) is 0 Å². The van der Waals surface area contributed by atoms with Gasteiger partial charge in [0.05, 0.1) is 17.9 Å². The average molecular weight is 176 g/mol. The van der Waals surface area contributed by atoms with Crippen molar-refractivity contribution in [3.05, 3.63) is 24.3 Å². The molecule has 1 heterocycles. The van der Waals surface area contributed by atoms with Crippen LogP contribution >= 0.6 is 0 Å². The molecule has 1 N–H and O–H groups in total. The topological polar surface area (TPSA) is 52.9 Å². The highest BCUT2D eigenvalue weighted by Gasteiger charge is 2.18. The molecule has 1 aliphatic heterocycles. The first kappa shape index (κ1) is 7.79. The second kappa shape index (κ2) is 2.90. The highest BCUT2D eigenvalue weighted by Crippen LogP contribution is 2.29. The van der Waals surface area contributed by atoms with Crippen molar-refractivity contribution in [2.24, 2.45) is 4.99 Å². The van der Waals surface area contributed by atoms with Crippen LogP contribution in [-0.4, -0.2) is 24.0 Å². The Bertz CT molecular complexity index is 374. The van der Waals surface area contributed by atoms with Crippen LogP contribution in [0.1, 0.15) is 0 Å². The fourth-order valence-corrected chi connectivity index (χ4v) is 1.30. The van der Waals surface area contributed by atoms with Gasteiger partial charge in [-0.1, -0.05) is 12.1 Å². The summed E-state index contributed by atoms with van der Waals surface area (Å²) in [4.78, 5) is 16.1. The minimum Gasteiger partial charge on any atom is -0.465 e. The van der Waals surface area contributed by atoms with Gasteiger partial charge in [-0.25, -0.2) is 4.79 Å². The van der Waals surface area contributed by atoms with Gasteiger partial charge in [0.1, 0.15) is 0 Å². The first-order valence-electron chi connectivity index (χ1n) is 3.91. The highest BCUT2D eigenvalue weighted by molar-refractivity contribution is 5.96. The largest absolute Gasteiger partial charge is 0.465 e. The van der Waals surface area contributed by atoms with Gasteiger partial charge in [0, 0.05) is 6.21 Å². The number of fused-ring (bicyclic) bond motifs is 1. The molecule has 0 radical (unpaired) electrons. The van der Waals surface area contributed by atoms with Crippen molar-refractivity contribution in [2.45, 2.75) is 0 Å². The third-order valence-corrected chi connectivity index (χ3v) is 1.90. The smallest absolute Gasteiger partial charge is 0.412 e. The molecule has 66 valence electrons. The first-order valence-corrected chi connectivity index (χ1v) is 3.91. The molecule has 1 aromatic rings. The monoisotopic (exact) mass is 176 g/mol. The van der Waals surface area contributed by atoms with Crippen LogP contribution in [0, 0.1) is 0 Å². The van der Waals surface area contributed by atoms with E-state index in [1.807, 2.05) is 6.07 Å². The highest BCUT2D eigenvalue weighted by atomic mass is 16.4. The summed E-state index contributed by atoms with van der Waals surface area (Å²) < 4.78 is 0. The standard InChI is InChI=1S/C9H8N2O2/c12-9(13)11-6-5-10-7-3-1-2-4-8(7)11/h1-5H,6H2,(H,12,13). The molecular weight excluding hydrogens is 168 g/mol. The molecule has 4 nitrogen and oxygen atoms in total. The van der Waals surface area contributed by atoms with Crippen LogP contribution in [0.5, 0.6) is 0 Å². The Morgan fingerprint density at radius 2 is 2.23 bits per heavy atom. The van der Waals surface area contributed by atoms with E-state index >= 15 is 0 Å². The second-order valence-corrected chi connectivity index (χ2v) is 2.69. The Hall–Kier alpha value is -1.84. The molecule has 0 spiro atoms. The van der Waals surface area contributed by atoms with E-state index in [4.69, 9.17) is 5.11 Å². The fraction of sp³-hybridized carbons (Fsp3) is 0.111. The zero-order valence-corrected chi connectivity index (χ0v) is 6.84. The Labute approximate surface area is 75.1 Å². The molecule has 1 aliphatic rings. The van der Waals surface area contributed by atoms with Gasteiger partial charge in [0.25, 0.3) is 0 Å². The Morgan fingerprint density at radius 1 is 1.46 bits per heavy atom. The molecule has 0 aromatic heterocycles. The van der Waals surface area contributed by atoms with Crippen LogP contribution in [0.2, 0.25) is 0 Å². The Kier molecular flexibility index (Phi) is 1.73. The lowest BCUT2D eigenvalue weighted by atomic mass is 10.2. The summed E-state index contributed by atoms with van der Waals surface area (Å²) >= 11 is 0. The molecule has 1 aromatic carbocycles. The molecule has 2 rings (SSSR count). The number of anilines is 1. The molecule has 0 saturated heterocycles. The van der Waals surface area contributed by atoms with Gasteiger partial charge in [-0.05, 0) is 12.1 Å². The van der Waals surface area contributed by atoms with E-state index in [9.17, 15) is 4.79 Å². The summed E-state index contributed by atoms with van der Waals surface area (Å²) in [7, 11) is 0. The lowest BCUT2D eigenvalue weighted by Gasteiger charge is -2.21. The lowest BCUT2D eigenvalue weighted by molar-refractivity contribution is 0.203. The van der Waals surface area contributed by atoms with E-state index in [-0.39, 0.29) is 0 Å². The van der Waals surface area contributed by atoms with Crippen LogP contribution in [0.4, 0.5) is 16.2 Å². The quantitative estimate of drug-likeness (QED) is 0.656. The maximum absolute atomic E-state index is 10.8. The predicted molar refractivity (Wildman–Crippen MR) is 50.0 cm³/mol. The van der Waals surface area contributed by atoms with Crippen molar-refractivity contribution in [2.75, 3.05) is 11.4 Å². The van der Waals surface area contributed by atoms with E-state index in [2.05, 4.69) is 4.99 Å². The van der Waals surface area contributed by atoms with Gasteiger partial charge in [0.15, 0.2) is 0 Å². The molecule has 0 saturated carbocycles. The van der Waals surface area contributed by atoms with Crippen LogP contribution in [0.15, 0.2) is 29.3 Å². The normalized spacial score (nSPS) is 14.0.